The van der Waals surface area contributed by atoms with E-state index in [1.165, 1.54) is 0 Å². The van der Waals surface area contributed by atoms with Crippen LogP contribution in [0.25, 0.3) is 0 Å². The van der Waals surface area contributed by atoms with Gasteiger partial charge >= 0.3 is 5.97 Å². The number of hydrogen-bond donors (Lipinski definition) is 5. The number of benzene rings is 1. The lowest BCUT2D eigenvalue weighted by Crippen LogP contribution is -2.55. The summed E-state index contributed by atoms with van der Waals surface area (Å²) in [5.41, 5.74) is 6.68. The molecule has 0 saturated carbocycles. The lowest BCUT2D eigenvalue weighted by atomic mass is 9.97. The van der Waals surface area contributed by atoms with Gasteiger partial charge < -0.3 is 26.8 Å². The topological polar surface area (TPSA) is 151 Å². The van der Waals surface area contributed by atoms with E-state index in [0.29, 0.717) is 12.8 Å². The van der Waals surface area contributed by atoms with Gasteiger partial charge in [0.05, 0.1) is 12.6 Å². The molecule has 0 heterocycles. The minimum atomic E-state index is -1.17. The van der Waals surface area contributed by atoms with E-state index >= 15 is 0 Å². The molecular formula is C23H36N4O5. The van der Waals surface area contributed by atoms with Gasteiger partial charge in [0, 0.05) is 6.42 Å². The third kappa shape index (κ3) is 9.47. The molecule has 0 radical (unpaired) electrons. The molecular weight excluding hydrogens is 412 g/mol. The summed E-state index contributed by atoms with van der Waals surface area (Å²) in [5, 5.41) is 17.0. The Labute approximate surface area is 189 Å². The predicted molar refractivity (Wildman–Crippen MR) is 122 cm³/mol. The number of carboxylic acid groups (broad SMARTS) is 1. The number of rotatable bonds is 13. The molecule has 0 aliphatic carbocycles. The number of nitrogens with one attached hydrogen (secondary N) is 3. The second-order valence-corrected chi connectivity index (χ2v) is 8.47. The van der Waals surface area contributed by atoms with Gasteiger partial charge in [-0.3, -0.25) is 14.4 Å². The minimum absolute atomic E-state index is 0.120. The van der Waals surface area contributed by atoms with Crippen LogP contribution >= 0.6 is 0 Å². The summed E-state index contributed by atoms with van der Waals surface area (Å²) in [6, 6.07) is 6.22. The highest BCUT2D eigenvalue weighted by Crippen LogP contribution is 2.10. The molecule has 4 unspecified atom stereocenters. The molecule has 0 spiro atoms. The quantitative estimate of drug-likeness (QED) is 0.301. The van der Waals surface area contributed by atoms with Crippen LogP contribution in [0.4, 0.5) is 0 Å². The highest BCUT2D eigenvalue weighted by atomic mass is 16.4. The molecule has 178 valence electrons. The van der Waals surface area contributed by atoms with E-state index in [-0.39, 0.29) is 18.3 Å². The van der Waals surface area contributed by atoms with Crippen LogP contribution in [0.2, 0.25) is 0 Å². The Hall–Kier alpha value is -2.94. The number of nitrogens with two attached hydrogens (primary N) is 1. The van der Waals surface area contributed by atoms with Gasteiger partial charge in [-0.2, -0.15) is 0 Å². The predicted octanol–water partition coefficient (Wildman–Crippen LogP) is 0.819. The highest BCUT2D eigenvalue weighted by molar-refractivity contribution is 5.92. The number of aliphatic carboxylic acids is 1. The zero-order valence-corrected chi connectivity index (χ0v) is 19.3. The molecule has 6 N–H and O–H groups in total. The van der Waals surface area contributed by atoms with E-state index in [0.717, 1.165) is 5.56 Å². The second-order valence-electron chi connectivity index (χ2n) is 8.47. The van der Waals surface area contributed by atoms with Crippen LogP contribution in [0.15, 0.2) is 30.3 Å². The molecule has 1 rings (SSSR count). The molecule has 0 aliphatic rings. The van der Waals surface area contributed by atoms with Gasteiger partial charge in [-0.25, -0.2) is 4.79 Å². The number of carbonyl (C=O) groups is 4. The van der Waals surface area contributed by atoms with Crippen molar-refractivity contribution in [2.75, 3.05) is 6.54 Å². The number of carboxylic acids is 1. The van der Waals surface area contributed by atoms with Crippen molar-refractivity contribution in [3.05, 3.63) is 35.9 Å². The number of hydrogen-bond acceptors (Lipinski definition) is 5. The minimum Gasteiger partial charge on any atom is -0.480 e. The number of carbonyl (C=O) groups excluding carboxylic acids is 3. The van der Waals surface area contributed by atoms with Gasteiger partial charge in [-0.05, 0) is 23.8 Å². The maximum Gasteiger partial charge on any atom is 0.326 e. The molecule has 0 aliphatic heterocycles. The average molecular weight is 449 g/mol. The van der Waals surface area contributed by atoms with Crippen LogP contribution in [-0.4, -0.2) is 53.5 Å². The average Bonchev–Trinajstić information content (AvgIpc) is 2.74. The summed E-state index contributed by atoms with van der Waals surface area (Å²) < 4.78 is 0. The molecule has 3 amide bonds. The molecule has 0 bridgehead atoms. The molecule has 9 heteroatoms. The molecule has 0 saturated heterocycles. The summed E-state index contributed by atoms with van der Waals surface area (Å²) in [5.74, 6) is -2.69. The molecule has 9 nitrogen and oxygen atoms in total. The molecule has 32 heavy (non-hydrogen) atoms. The van der Waals surface area contributed by atoms with Crippen LogP contribution in [0, 0.1) is 11.8 Å². The van der Waals surface area contributed by atoms with Crippen molar-refractivity contribution >= 4 is 23.7 Å². The molecule has 0 aromatic heterocycles. The van der Waals surface area contributed by atoms with E-state index in [1.807, 2.05) is 33.8 Å². The summed E-state index contributed by atoms with van der Waals surface area (Å²) in [7, 11) is 0. The Morgan fingerprint density at radius 2 is 1.62 bits per heavy atom. The summed E-state index contributed by atoms with van der Waals surface area (Å²) in [6.45, 7) is 7.20. The van der Waals surface area contributed by atoms with Gasteiger partial charge in [0.15, 0.2) is 0 Å². The smallest absolute Gasteiger partial charge is 0.326 e. The van der Waals surface area contributed by atoms with Crippen LogP contribution < -0.4 is 21.7 Å². The summed E-state index contributed by atoms with van der Waals surface area (Å²) in [6.07, 6.45) is 1.23. The standard InChI is InChI=1S/C23H36N4O5/c1-5-15(4)20(27-21(29)17(24)11-14(2)3)22(30)25-13-19(28)26-18(23(31)32)12-16-9-7-6-8-10-16/h6-10,14-15,17-18,20H,5,11-13,24H2,1-4H3,(H,25,30)(H,26,28)(H,27,29)(H,31,32). The molecule has 4 atom stereocenters. The monoisotopic (exact) mass is 448 g/mol. The summed E-state index contributed by atoms with van der Waals surface area (Å²) >= 11 is 0. The first-order chi connectivity index (χ1) is 15.0. The fourth-order valence-electron chi connectivity index (χ4n) is 3.15. The second kappa shape index (κ2) is 13.5. The summed E-state index contributed by atoms with van der Waals surface area (Å²) in [4.78, 5) is 48.8. The van der Waals surface area contributed by atoms with Crippen LogP contribution in [0.3, 0.4) is 0 Å². The van der Waals surface area contributed by atoms with E-state index < -0.39 is 48.4 Å². The van der Waals surface area contributed by atoms with Crippen molar-refractivity contribution in [3.8, 4) is 0 Å². The Morgan fingerprint density at radius 1 is 1.00 bits per heavy atom. The Bertz CT molecular complexity index is 769. The molecule has 1 aromatic carbocycles. The van der Waals surface area contributed by atoms with Crippen LogP contribution in [0.5, 0.6) is 0 Å². The maximum absolute atomic E-state index is 12.7. The largest absolute Gasteiger partial charge is 0.480 e. The van der Waals surface area contributed by atoms with Crippen LogP contribution in [-0.2, 0) is 25.6 Å². The van der Waals surface area contributed by atoms with Crippen molar-refractivity contribution in [2.24, 2.45) is 17.6 Å². The van der Waals surface area contributed by atoms with Crippen molar-refractivity contribution in [2.45, 2.75) is 65.1 Å². The van der Waals surface area contributed by atoms with E-state index in [2.05, 4.69) is 16.0 Å². The first kappa shape index (κ1) is 27.1. The van der Waals surface area contributed by atoms with Gasteiger partial charge in [-0.1, -0.05) is 64.4 Å². The Morgan fingerprint density at radius 3 is 2.16 bits per heavy atom. The third-order valence-corrected chi connectivity index (χ3v) is 5.19. The van der Waals surface area contributed by atoms with E-state index in [9.17, 15) is 24.3 Å². The maximum atomic E-state index is 12.7. The molecule has 1 aromatic rings. The zero-order chi connectivity index (χ0) is 24.3. The van der Waals surface area contributed by atoms with Gasteiger partial charge in [0.25, 0.3) is 0 Å². The normalized spacial score (nSPS) is 14.7. The fraction of sp³-hybridized carbons (Fsp3) is 0.565. The van der Waals surface area contributed by atoms with E-state index in [1.54, 1.807) is 24.3 Å². The SMILES string of the molecule is CCC(C)C(NC(=O)C(N)CC(C)C)C(=O)NCC(=O)NC(Cc1ccccc1)C(=O)O. The van der Waals surface area contributed by atoms with Gasteiger partial charge in [0.1, 0.15) is 12.1 Å². The fourth-order valence-corrected chi connectivity index (χ4v) is 3.15. The number of amides is 3. The lowest BCUT2D eigenvalue weighted by Gasteiger charge is -2.25. The first-order valence-corrected chi connectivity index (χ1v) is 10.9. The van der Waals surface area contributed by atoms with E-state index in [4.69, 9.17) is 5.73 Å². The highest BCUT2D eigenvalue weighted by Gasteiger charge is 2.29. The van der Waals surface area contributed by atoms with Crippen molar-refractivity contribution in [1.29, 1.82) is 0 Å². The zero-order valence-electron chi connectivity index (χ0n) is 19.3. The lowest BCUT2D eigenvalue weighted by molar-refractivity contribution is -0.141. The van der Waals surface area contributed by atoms with Crippen molar-refractivity contribution in [1.82, 2.24) is 16.0 Å². The molecule has 0 fully saturated rings. The van der Waals surface area contributed by atoms with Crippen molar-refractivity contribution < 1.29 is 24.3 Å². The third-order valence-electron chi connectivity index (χ3n) is 5.19. The van der Waals surface area contributed by atoms with Gasteiger partial charge in [0.2, 0.25) is 17.7 Å². The Kier molecular flexibility index (Phi) is 11.4. The van der Waals surface area contributed by atoms with Crippen molar-refractivity contribution in [3.63, 3.8) is 0 Å². The first-order valence-electron chi connectivity index (χ1n) is 10.9. The van der Waals surface area contributed by atoms with Crippen LogP contribution in [0.1, 0.15) is 46.1 Å². The Balaban J connectivity index is 2.68. The van der Waals surface area contributed by atoms with Gasteiger partial charge in [-0.15, -0.1) is 0 Å².